The molecule has 4 heteroatoms. The standard InChI is InChI=1S/C15H24N2OS/c1-19-15(13-16)7-9-17(10-8-15)11-12-18-14-5-3-2-4-6-14/h2-6H,7-13,16H2,1H3. The van der Waals surface area contributed by atoms with E-state index in [-0.39, 0.29) is 0 Å². The van der Waals surface area contributed by atoms with Crippen molar-refractivity contribution >= 4 is 11.8 Å². The number of hydrogen-bond acceptors (Lipinski definition) is 4. The zero-order chi connectivity index (χ0) is 13.6. The Kier molecular flexibility index (Phi) is 5.55. The maximum atomic E-state index is 5.91. The van der Waals surface area contributed by atoms with E-state index in [0.717, 1.165) is 38.5 Å². The molecule has 1 saturated heterocycles. The van der Waals surface area contributed by atoms with Gasteiger partial charge in [-0.2, -0.15) is 11.8 Å². The fourth-order valence-electron chi connectivity index (χ4n) is 2.49. The highest BCUT2D eigenvalue weighted by atomic mass is 32.2. The van der Waals surface area contributed by atoms with Gasteiger partial charge >= 0.3 is 0 Å². The molecule has 1 heterocycles. The monoisotopic (exact) mass is 280 g/mol. The van der Waals surface area contributed by atoms with E-state index >= 15 is 0 Å². The third-order valence-electron chi connectivity index (χ3n) is 3.99. The number of para-hydroxylation sites is 1. The largest absolute Gasteiger partial charge is 0.492 e. The molecule has 0 bridgehead atoms. The van der Waals surface area contributed by atoms with Gasteiger partial charge in [-0.15, -0.1) is 0 Å². The third kappa shape index (κ3) is 4.13. The van der Waals surface area contributed by atoms with Gasteiger partial charge in [-0.05, 0) is 44.3 Å². The molecule has 0 aromatic heterocycles. The Morgan fingerprint density at radius 3 is 2.53 bits per heavy atom. The van der Waals surface area contributed by atoms with Crippen LogP contribution >= 0.6 is 11.8 Å². The summed E-state index contributed by atoms with van der Waals surface area (Å²) < 4.78 is 6.06. The minimum absolute atomic E-state index is 0.316. The number of nitrogens with zero attached hydrogens (tertiary/aromatic N) is 1. The maximum Gasteiger partial charge on any atom is 0.119 e. The third-order valence-corrected chi connectivity index (χ3v) is 5.43. The summed E-state index contributed by atoms with van der Waals surface area (Å²) in [4.78, 5) is 2.48. The molecule has 0 spiro atoms. The smallest absolute Gasteiger partial charge is 0.119 e. The highest BCUT2D eigenvalue weighted by Crippen LogP contribution is 2.33. The van der Waals surface area contributed by atoms with Gasteiger partial charge in [0, 0.05) is 17.8 Å². The second kappa shape index (κ2) is 7.17. The van der Waals surface area contributed by atoms with Crippen molar-refractivity contribution in [3.05, 3.63) is 30.3 Å². The van der Waals surface area contributed by atoms with E-state index in [1.807, 2.05) is 42.1 Å². The van der Waals surface area contributed by atoms with Crippen LogP contribution in [0.2, 0.25) is 0 Å². The normalized spacial score (nSPS) is 19.3. The summed E-state index contributed by atoms with van der Waals surface area (Å²) in [6, 6.07) is 10.0. The highest BCUT2D eigenvalue weighted by molar-refractivity contribution is 8.00. The first-order valence-electron chi connectivity index (χ1n) is 6.93. The molecule has 1 aliphatic heterocycles. The Balaban J connectivity index is 1.69. The number of benzene rings is 1. The van der Waals surface area contributed by atoms with Gasteiger partial charge in [0.1, 0.15) is 12.4 Å². The Bertz CT molecular complexity index is 358. The molecule has 0 aliphatic carbocycles. The molecule has 1 aromatic carbocycles. The number of ether oxygens (including phenoxy) is 1. The minimum Gasteiger partial charge on any atom is -0.492 e. The highest BCUT2D eigenvalue weighted by Gasteiger charge is 2.32. The first kappa shape index (κ1) is 14.7. The van der Waals surface area contributed by atoms with E-state index in [1.165, 1.54) is 12.8 Å². The average molecular weight is 280 g/mol. The van der Waals surface area contributed by atoms with Gasteiger partial charge in [0.25, 0.3) is 0 Å². The quantitative estimate of drug-likeness (QED) is 0.867. The van der Waals surface area contributed by atoms with E-state index in [0.29, 0.717) is 4.75 Å². The molecule has 0 amide bonds. The van der Waals surface area contributed by atoms with Crippen LogP contribution in [0.5, 0.6) is 5.75 Å². The molecule has 0 radical (unpaired) electrons. The molecule has 106 valence electrons. The molecule has 1 aliphatic rings. The molecule has 2 N–H and O–H groups in total. The summed E-state index contributed by atoms with van der Waals surface area (Å²) in [5.74, 6) is 0.958. The first-order valence-corrected chi connectivity index (χ1v) is 8.16. The number of thioether (sulfide) groups is 1. The topological polar surface area (TPSA) is 38.5 Å². The Labute approximate surface area is 120 Å². The van der Waals surface area contributed by atoms with Crippen LogP contribution in [0, 0.1) is 0 Å². The van der Waals surface area contributed by atoms with Crippen LogP contribution in [0.25, 0.3) is 0 Å². The number of piperidine rings is 1. The fourth-order valence-corrected chi connectivity index (χ4v) is 3.24. The van der Waals surface area contributed by atoms with Crippen LogP contribution < -0.4 is 10.5 Å². The summed E-state index contributed by atoms with van der Waals surface area (Å²) in [6.45, 7) is 4.83. The van der Waals surface area contributed by atoms with Gasteiger partial charge < -0.3 is 10.5 Å². The van der Waals surface area contributed by atoms with Gasteiger partial charge in [-0.25, -0.2) is 0 Å². The molecular formula is C15H24N2OS. The molecule has 0 unspecified atom stereocenters. The van der Waals surface area contributed by atoms with E-state index in [4.69, 9.17) is 10.5 Å². The lowest BCUT2D eigenvalue weighted by atomic mass is 9.96. The Morgan fingerprint density at radius 2 is 1.95 bits per heavy atom. The molecule has 0 atom stereocenters. The predicted octanol–water partition coefficient (Wildman–Crippen LogP) is 2.22. The Morgan fingerprint density at radius 1 is 1.26 bits per heavy atom. The van der Waals surface area contributed by atoms with Gasteiger partial charge in [-0.3, -0.25) is 4.90 Å². The van der Waals surface area contributed by atoms with Crippen molar-refractivity contribution in [2.24, 2.45) is 5.73 Å². The lowest BCUT2D eigenvalue weighted by Crippen LogP contribution is -2.47. The maximum absolute atomic E-state index is 5.91. The molecule has 0 saturated carbocycles. The second-order valence-electron chi connectivity index (χ2n) is 5.09. The van der Waals surface area contributed by atoms with Crippen molar-refractivity contribution in [2.75, 3.05) is 39.0 Å². The van der Waals surface area contributed by atoms with Gasteiger partial charge in [0.2, 0.25) is 0 Å². The molecule has 19 heavy (non-hydrogen) atoms. The van der Waals surface area contributed by atoms with Crippen LogP contribution in [-0.2, 0) is 0 Å². The van der Waals surface area contributed by atoms with Crippen LogP contribution in [-0.4, -0.2) is 48.7 Å². The van der Waals surface area contributed by atoms with E-state index < -0.39 is 0 Å². The average Bonchev–Trinajstić information content (AvgIpc) is 2.49. The van der Waals surface area contributed by atoms with Crippen molar-refractivity contribution in [1.29, 1.82) is 0 Å². The van der Waals surface area contributed by atoms with Crippen molar-refractivity contribution in [2.45, 2.75) is 17.6 Å². The lowest BCUT2D eigenvalue weighted by Gasteiger charge is -2.40. The zero-order valence-electron chi connectivity index (χ0n) is 11.7. The summed E-state index contributed by atoms with van der Waals surface area (Å²) in [5, 5.41) is 0. The van der Waals surface area contributed by atoms with Crippen molar-refractivity contribution in [3.8, 4) is 5.75 Å². The van der Waals surface area contributed by atoms with Crippen LogP contribution in [0.3, 0.4) is 0 Å². The summed E-state index contributed by atoms with van der Waals surface area (Å²) in [5.41, 5.74) is 5.91. The second-order valence-corrected chi connectivity index (χ2v) is 6.37. The molecular weight excluding hydrogens is 256 g/mol. The summed E-state index contributed by atoms with van der Waals surface area (Å²) in [7, 11) is 0. The summed E-state index contributed by atoms with van der Waals surface area (Å²) >= 11 is 1.93. The molecule has 2 rings (SSSR count). The van der Waals surface area contributed by atoms with Crippen molar-refractivity contribution in [1.82, 2.24) is 4.90 Å². The summed E-state index contributed by atoms with van der Waals surface area (Å²) in [6.07, 6.45) is 4.56. The van der Waals surface area contributed by atoms with E-state index in [9.17, 15) is 0 Å². The van der Waals surface area contributed by atoms with E-state index in [1.54, 1.807) is 0 Å². The lowest BCUT2D eigenvalue weighted by molar-refractivity contribution is 0.167. The van der Waals surface area contributed by atoms with Crippen LogP contribution in [0.1, 0.15) is 12.8 Å². The SMILES string of the molecule is CSC1(CN)CCN(CCOc2ccccc2)CC1. The van der Waals surface area contributed by atoms with Gasteiger partial charge in [-0.1, -0.05) is 18.2 Å². The van der Waals surface area contributed by atoms with Crippen molar-refractivity contribution in [3.63, 3.8) is 0 Å². The zero-order valence-corrected chi connectivity index (χ0v) is 12.5. The van der Waals surface area contributed by atoms with Gasteiger partial charge in [0.05, 0.1) is 0 Å². The molecule has 3 nitrogen and oxygen atoms in total. The molecule has 1 aromatic rings. The number of likely N-dealkylation sites (tertiary alicyclic amines) is 1. The van der Waals surface area contributed by atoms with E-state index in [2.05, 4.69) is 11.2 Å². The van der Waals surface area contributed by atoms with Crippen molar-refractivity contribution < 1.29 is 4.74 Å². The molecule has 1 fully saturated rings. The van der Waals surface area contributed by atoms with Gasteiger partial charge in [0.15, 0.2) is 0 Å². The number of rotatable bonds is 6. The first-order chi connectivity index (χ1) is 9.28. The minimum atomic E-state index is 0.316. The van der Waals surface area contributed by atoms with Crippen LogP contribution in [0.15, 0.2) is 30.3 Å². The predicted molar refractivity (Wildman–Crippen MR) is 82.9 cm³/mol. The fraction of sp³-hybridized carbons (Fsp3) is 0.600. The number of nitrogens with two attached hydrogens (primary N) is 1. The Hall–Kier alpha value is -0.710. The number of hydrogen-bond donors (Lipinski definition) is 1. The van der Waals surface area contributed by atoms with Crippen LogP contribution in [0.4, 0.5) is 0 Å².